The van der Waals surface area contributed by atoms with E-state index in [0.717, 1.165) is 49.7 Å². The van der Waals surface area contributed by atoms with E-state index in [1.165, 1.54) is 0 Å². The summed E-state index contributed by atoms with van der Waals surface area (Å²) in [5.41, 5.74) is 8.96. The summed E-state index contributed by atoms with van der Waals surface area (Å²) in [6.45, 7) is 4.37. The van der Waals surface area contributed by atoms with Gasteiger partial charge < -0.3 is 20.5 Å². The van der Waals surface area contributed by atoms with Gasteiger partial charge in [0.25, 0.3) is 11.8 Å². The first-order valence-electron chi connectivity index (χ1n) is 10.9. The van der Waals surface area contributed by atoms with Crippen LogP contribution in [0.3, 0.4) is 0 Å². The van der Waals surface area contributed by atoms with E-state index in [2.05, 4.69) is 16.3 Å². The van der Waals surface area contributed by atoms with Gasteiger partial charge in [-0.15, -0.1) is 0 Å². The summed E-state index contributed by atoms with van der Waals surface area (Å²) in [7, 11) is 0. The van der Waals surface area contributed by atoms with Crippen molar-refractivity contribution >= 4 is 17.5 Å². The molecule has 33 heavy (non-hydrogen) atoms. The molecular formula is C26H27N3O4. The van der Waals surface area contributed by atoms with Crippen LogP contribution in [0, 0.1) is 0 Å². The van der Waals surface area contributed by atoms with Gasteiger partial charge in [0.05, 0.1) is 18.8 Å². The van der Waals surface area contributed by atoms with Crippen molar-refractivity contribution in [2.24, 2.45) is 5.73 Å². The molecule has 0 unspecified atom stereocenters. The number of para-hydroxylation sites is 1. The highest BCUT2D eigenvalue weighted by molar-refractivity contribution is 6.04. The van der Waals surface area contributed by atoms with Gasteiger partial charge in [0.1, 0.15) is 12.4 Å². The molecule has 1 saturated heterocycles. The predicted octanol–water partition coefficient (Wildman–Crippen LogP) is 3.45. The summed E-state index contributed by atoms with van der Waals surface area (Å²) in [4.78, 5) is 26.7. The highest BCUT2D eigenvalue weighted by atomic mass is 16.5. The largest absolute Gasteiger partial charge is 0.488 e. The molecule has 0 spiro atoms. The van der Waals surface area contributed by atoms with E-state index in [0.29, 0.717) is 16.9 Å². The van der Waals surface area contributed by atoms with Crippen LogP contribution in [0.15, 0.2) is 72.8 Å². The number of nitrogens with zero attached hydrogens (tertiary/aromatic N) is 1. The van der Waals surface area contributed by atoms with Gasteiger partial charge in [-0.3, -0.25) is 14.5 Å². The molecule has 0 atom stereocenters. The van der Waals surface area contributed by atoms with Gasteiger partial charge in [-0.25, -0.2) is 0 Å². The third kappa shape index (κ3) is 6.19. The first-order chi connectivity index (χ1) is 16.1. The molecule has 4 rings (SSSR count). The minimum atomic E-state index is -0.547. The third-order valence-electron chi connectivity index (χ3n) is 5.43. The molecule has 0 aliphatic carbocycles. The Morgan fingerprint density at radius 1 is 0.939 bits per heavy atom. The highest BCUT2D eigenvalue weighted by Gasteiger charge is 2.13. The predicted molar refractivity (Wildman–Crippen MR) is 126 cm³/mol. The van der Waals surface area contributed by atoms with Crippen LogP contribution >= 0.6 is 0 Å². The van der Waals surface area contributed by atoms with Crippen molar-refractivity contribution in [3.63, 3.8) is 0 Å². The monoisotopic (exact) mass is 445 g/mol. The lowest BCUT2D eigenvalue weighted by atomic mass is 10.1. The van der Waals surface area contributed by atoms with Crippen LogP contribution in [-0.4, -0.2) is 43.0 Å². The molecule has 0 saturated carbocycles. The van der Waals surface area contributed by atoms with Crippen LogP contribution in [0.5, 0.6) is 5.75 Å². The number of hydrogen-bond acceptors (Lipinski definition) is 5. The molecule has 3 aromatic rings. The molecule has 7 nitrogen and oxygen atoms in total. The highest BCUT2D eigenvalue weighted by Crippen LogP contribution is 2.20. The standard InChI is InChI=1S/C26H27N3O4/c27-25(30)23-9-1-2-10-24(23)33-18-20-6-3-7-21(15-20)26(31)28-22-8-4-5-19(16-22)17-29-11-13-32-14-12-29/h1-10,15-16H,11-14,17-18H2,(H2,27,30)(H,28,31). The van der Waals surface area contributed by atoms with E-state index >= 15 is 0 Å². The van der Waals surface area contributed by atoms with E-state index < -0.39 is 5.91 Å². The quantitative estimate of drug-likeness (QED) is 0.554. The first-order valence-corrected chi connectivity index (χ1v) is 10.9. The van der Waals surface area contributed by atoms with Gasteiger partial charge in [0.2, 0.25) is 0 Å². The number of rotatable bonds is 8. The Bertz CT molecular complexity index is 1130. The number of carbonyl (C=O) groups excluding carboxylic acids is 2. The summed E-state index contributed by atoms with van der Waals surface area (Å²) in [6, 6.07) is 21.9. The number of nitrogens with two attached hydrogens (primary N) is 1. The average Bonchev–Trinajstić information content (AvgIpc) is 2.84. The maximum Gasteiger partial charge on any atom is 0.255 e. The second kappa shape index (κ2) is 10.8. The Labute approximate surface area is 193 Å². The van der Waals surface area contributed by atoms with Crippen molar-refractivity contribution in [2.75, 3.05) is 31.6 Å². The molecule has 7 heteroatoms. The molecule has 2 amide bonds. The average molecular weight is 446 g/mol. The van der Waals surface area contributed by atoms with Gasteiger partial charge in [-0.05, 0) is 47.5 Å². The smallest absolute Gasteiger partial charge is 0.255 e. The van der Waals surface area contributed by atoms with Crippen LogP contribution in [0.2, 0.25) is 0 Å². The molecule has 0 bridgehead atoms. The number of primary amides is 1. The normalized spacial score (nSPS) is 13.9. The number of amides is 2. The number of anilines is 1. The fraction of sp³-hybridized carbons (Fsp3) is 0.231. The molecule has 1 aliphatic heterocycles. The molecule has 170 valence electrons. The summed E-state index contributed by atoms with van der Waals surface area (Å²) in [5, 5.41) is 2.98. The zero-order valence-corrected chi connectivity index (χ0v) is 18.3. The Morgan fingerprint density at radius 2 is 1.70 bits per heavy atom. The zero-order valence-electron chi connectivity index (χ0n) is 18.3. The molecule has 1 aliphatic rings. The number of benzene rings is 3. The first kappa shape index (κ1) is 22.5. The second-order valence-corrected chi connectivity index (χ2v) is 7.89. The summed E-state index contributed by atoms with van der Waals surface area (Å²) >= 11 is 0. The number of ether oxygens (including phenoxy) is 2. The maximum atomic E-state index is 12.8. The Hall–Kier alpha value is -3.68. The number of nitrogens with one attached hydrogen (secondary N) is 1. The van der Waals surface area contributed by atoms with Crippen molar-refractivity contribution in [3.8, 4) is 5.75 Å². The Morgan fingerprint density at radius 3 is 2.52 bits per heavy atom. The van der Waals surface area contributed by atoms with Gasteiger partial charge in [0.15, 0.2) is 0 Å². The molecule has 0 aromatic heterocycles. The number of morpholine rings is 1. The van der Waals surface area contributed by atoms with E-state index in [1.54, 1.807) is 36.4 Å². The topological polar surface area (TPSA) is 93.9 Å². The number of hydrogen-bond donors (Lipinski definition) is 2. The maximum absolute atomic E-state index is 12.8. The minimum absolute atomic E-state index is 0.196. The summed E-state index contributed by atoms with van der Waals surface area (Å²) in [5.74, 6) is -0.329. The van der Waals surface area contributed by atoms with Crippen molar-refractivity contribution in [1.82, 2.24) is 4.90 Å². The van der Waals surface area contributed by atoms with Crippen LogP contribution in [0.25, 0.3) is 0 Å². The summed E-state index contributed by atoms with van der Waals surface area (Å²) < 4.78 is 11.2. The Kier molecular flexibility index (Phi) is 7.34. The van der Waals surface area contributed by atoms with E-state index in [1.807, 2.05) is 30.3 Å². The van der Waals surface area contributed by atoms with Crippen LogP contribution in [0.1, 0.15) is 31.8 Å². The Balaban J connectivity index is 1.39. The lowest BCUT2D eigenvalue weighted by Gasteiger charge is -2.26. The molecule has 3 aromatic carbocycles. The van der Waals surface area contributed by atoms with E-state index in [4.69, 9.17) is 15.2 Å². The van der Waals surface area contributed by atoms with E-state index in [-0.39, 0.29) is 12.5 Å². The summed E-state index contributed by atoms with van der Waals surface area (Å²) in [6.07, 6.45) is 0. The SMILES string of the molecule is NC(=O)c1ccccc1OCc1cccc(C(=O)Nc2cccc(CN3CCOCC3)c2)c1. The minimum Gasteiger partial charge on any atom is -0.488 e. The molecule has 0 radical (unpaired) electrons. The van der Waals surface area contributed by atoms with Crippen LogP contribution < -0.4 is 15.8 Å². The second-order valence-electron chi connectivity index (χ2n) is 7.89. The van der Waals surface area contributed by atoms with Gasteiger partial charge in [-0.1, -0.05) is 36.4 Å². The molecule has 1 heterocycles. The van der Waals surface area contributed by atoms with Crippen molar-refractivity contribution in [1.29, 1.82) is 0 Å². The van der Waals surface area contributed by atoms with Gasteiger partial charge in [0, 0.05) is 30.9 Å². The number of carbonyl (C=O) groups is 2. The fourth-order valence-electron chi connectivity index (χ4n) is 3.73. The van der Waals surface area contributed by atoms with Gasteiger partial charge >= 0.3 is 0 Å². The van der Waals surface area contributed by atoms with Gasteiger partial charge in [-0.2, -0.15) is 0 Å². The molecule has 3 N–H and O–H groups in total. The lowest BCUT2D eigenvalue weighted by molar-refractivity contribution is 0.0342. The molecular weight excluding hydrogens is 418 g/mol. The van der Waals surface area contributed by atoms with Crippen molar-refractivity contribution < 1.29 is 19.1 Å². The van der Waals surface area contributed by atoms with Crippen molar-refractivity contribution in [2.45, 2.75) is 13.2 Å². The molecule has 1 fully saturated rings. The van der Waals surface area contributed by atoms with Crippen LogP contribution in [0.4, 0.5) is 5.69 Å². The lowest BCUT2D eigenvalue weighted by Crippen LogP contribution is -2.35. The van der Waals surface area contributed by atoms with E-state index in [9.17, 15) is 9.59 Å². The zero-order chi connectivity index (χ0) is 23.0. The van der Waals surface area contributed by atoms with Crippen LogP contribution in [-0.2, 0) is 17.9 Å². The van der Waals surface area contributed by atoms with Crippen molar-refractivity contribution in [3.05, 3.63) is 95.1 Å². The fourth-order valence-corrected chi connectivity index (χ4v) is 3.73. The third-order valence-corrected chi connectivity index (χ3v) is 5.43.